The number of hydrogen-bond acceptors (Lipinski definition) is 1. The molecule has 0 aliphatic carbocycles. The Bertz CT molecular complexity index is 632. The summed E-state index contributed by atoms with van der Waals surface area (Å²) >= 11 is 0. The molecule has 4 heteroatoms. The summed E-state index contributed by atoms with van der Waals surface area (Å²) in [7, 11) is 0. The number of nitrogens with one attached hydrogen (secondary N) is 1. The van der Waals surface area contributed by atoms with E-state index in [1.54, 1.807) is 6.07 Å². The van der Waals surface area contributed by atoms with E-state index in [1.165, 1.54) is 28.3 Å². The Kier molecular flexibility index (Phi) is 4.39. The number of benzene rings is 2. The second kappa shape index (κ2) is 6.44. The van der Waals surface area contributed by atoms with E-state index in [2.05, 4.69) is 36.1 Å². The predicted octanol–water partition coefficient (Wildman–Crippen LogP) is 2.18. The first-order valence-corrected chi connectivity index (χ1v) is 7.71. The van der Waals surface area contributed by atoms with Crippen LogP contribution in [-0.2, 0) is 6.54 Å². The minimum Gasteiger partial charge on any atom is -0.360 e. The maximum atomic E-state index is 13.3. The molecule has 1 fully saturated rings. The molecule has 0 atom stereocenters. The Hall–Kier alpha value is -1.94. The number of hydrogen-bond donors (Lipinski definition) is 1. The topological polar surface area (TPSA) is 7.68 Å². The van der Waals surface area contributed by atoms with Gasteiger partial charge >= 0.3 is 0 Å². The molecule has 0 saturated carbocycles. The Morgan fingerprint density at radius 1 is 0.955 bits per heavy atom. The summed E-state index contributed by atoms with van der Waals surface area (Å²) in [6.45, 7) is 6.83. The molecule has 22 heavy (non-hydrogen) atoms. The fourth-order valence-electron chi connectivity index (χ4n) is 2.95. The Morgan fingerprint density at radius 3 is 2.27 bits per heavy atom. The van der Waals surface area contributed by atoms with Gasteiger partial charge in [-0.2, -0.15) is 0 Å². The fraction of sp³-hybridized carbons (Fsp3) is 0.333. The summed E-state index contributed by atoms with van der Waals surface area (Å²) in [6.07, 6.45) is 0. The molecule has 1 aliphatic rings. The Morgan fingerprint density at radius 2 is 1.64 bits per heavy atom. The zero-order valence-electron chi connectivity index (χ0n) is 12.8. The molecule has 2 aromatic rings. The van der Waals surface area contributed by atoms with Crippen molar-refractivity contribution in [2.45, 2.75) is 13.5 Å². The lowest BCUT2D eigenvalue weighted by Gasteiger charge is -2.33. The molecule has 1 N–H and O–H groups in total. The molecule has 1 aliphatic heterocycles. The number of nitrogens with zero attached hydrogens (tertiary/aromatic N) is 1. The molecule has 1 saturated heterocycles. The summed E-state index contributed by atoms with van der Waals surface area (Å²) in [4.78, 5) is 3.79. The third-order valence-corrected chi connectivity index (χ3v) is 4.31. The van der Waals surface area contributed by atoms with Crippen LogP contribution < -0.4 is 9.80 Å². The number of anilines is 1. The number of aryl methyl sites for hydroxylation is 1. The van der Waals surface area contributed by atoms with Crippen molar-refractivity contribution in [2.24, 2.45) is 0 Å². The summed E-state index contributed by atoms with van der Waals surface area (Å²) in [5.74, 6) is -1.53. The van der Waals surface area contributed by atoms with Gasteiger partial charge in [0.2, 0.25) is 0 Å². The van der Waals surface area contributed by atoms with Gasteiger partial charge in [0.15, 0.2) is 11.6 Å². The van der Waals surface area contributed by atoms with Crippen molar-refractivity contribution in [3.8, 4) is 0 Å². The van der Waals surface area contributed by atoms with Crippen LogP contribution in [0.2, 0.25) is 0 Å². The first kappa shape index (κ1) is 15.0. The highest BCUT2D eigenvalue weighted by Gasteiger charge is 2.20. The summed E-state index contributed by atoms with van der Waals surface area (Å²) in [6, 6.07) is 12.8. The number of halogens is 2. The number of piperazine rings is 1. The summed E-state index contributed by atoms with van der Waals surface area (Å²) < 4.78 is 26.2. The second-order valence-corrected chi connectivity index (χ2v) is 6.00. The zero-order valence-corrected chi connectivity index (χ0v) is 12.8. The van der Waals surface area contributed by atoms with Crippen molar-refractivity contribution >= 4 is 5.69 Å². The standard InChI is InChI=1S/C18H20F2N2/c1-14-2-5-16(6-3-14)22-10-8-21(9-11-22)13-15-4-7-17(19)18(20)12-15/h2-7,12H,8-11,13H2,1H3/p+1. The minimum atomic E-state index is -0.775. The SMILES string of the molecule is Cc1ccc(N2CC[NH+](Cc3ccc(F)c(F)c3)CC2)cc1. The van der Waals surface area contributed by atoms with Crippen molar-refractivity contribution < 1.29 is 13.7 Å². The third kappa shape index (κ3) is 3.45. The Labute approximate surface area is 130 Å². The molecule has 116 valence electrons. The van der Waals surface area contributed by atoms with Crippen molar-refractivity contribution in [1.82, 2.24) is 0 Å². The molecule has 2 aromatic carbocycles. The summed E-state index contributed by atoms with van der Waals surface area (Å²) in [5.41, 5.74) is 3.39. The van der Waals surface area contributed by atoms with E-state index in [-0.39, 0.29) is 0 Å². The minimum absolute atomic E-state index is 0.749. The molecule has 0 spiro atoms. The molecule has 0 bridgehead atoms. The number of rotatable bonds is 3. The van der Waals surface area contributed by atoms with Crippen LogP contribution in [0.3, 0.4) is 0 Å². The van der Waals surface area contributed by atoms with Crippen LogP contribution >= 0.6 is 0 Å². The van der Waals surface area contributed by atoms with Gasteiger partial charge in [0.05, 0.1) is 26.2 Å². The van der Waals surface area contributed by atoms with Gasteiger partial charge < -0.3 is 9.80 Å². The molecular weight excluding hydrogens is 282 g/mol. The first-order chi connectivity index (χ1) is 10.6. The maximum absolute atomic E-state index is 13.3. The van der Waals surface area contributed by atoms with Gasteiger partial charge in [-0.15, -0.1) is 0 Å². The van der Waals surface area contributed by atoms with Crippen LogP contribution in [0, 0.1) is 18.6 Å². The van der Waals surface area contributed by atoms with Gasteiger partial charge in [-0.25, -0.2) is 8.78 Å². The first-order valence-electron chi connectivity index (χ1n) is 7.71. The van der Waals surface area contributed by atoms with Crippen molar-refractivity contribution in [1.29, 1.82) is 0 Å². The van der Waals surface area contributed by atoms with Crippen LogP contribution in [0.4, 0.5) is 14.5 Å². The van der Waals surface area contributed by atoms with Crippen LogP contribution in [0.25, 0.3) is 0 Å². The predicted molar refractivity (Wildman–Crippen MR) is 84.2 cm³/mol. The maximum Gasteiger partial charge on any atom is 0.159 e. The lowest BCUT2D eigenvalue weighted by Crippen LogP contribution is -3.13. The summed E-state index contributed by atoms with van der Waals surface area (Å²) in [5, 5.41) is 0. The average molecular weight is 303 g/mol. The molecule has 3 rings (SSSR count). The monoisotopic (exact) mass is 303 g/mol. The quantitative estimate of drug-likeness (QED) is 0.913. The van der Waals surface area contributed by atoms with Crippen LogP contribution in [0.1, 0.15) is 11.1 Å². The highest BCUT2D eigenvalue weighted by molar-refractivity contribution is 5.47. The van der Waals surface area contributed by atoms with Crippen LogP contribution in [-0.4, -0.2) is 26.2 Å². The van der Waals surface area contributed by atoms with Crippen LogP contribution in [0.15, 0.2) is 42.5 Å². The van der Waals surface area contributed by atoms with Gasteiger partial charge in [-0.1, -0.05) is 23.8 Å². The average Bonchev–Trinajstić information content (AvgIpc) is 2.53. The van der Waals surface area contributed by atoms with Crippen molar-refractivity contribution in [2.75, 3.05) is 31.1 Å². The second-order valence-electron chi connectivity index (χ2n) is 6.00. The van der Waals surface area contributed by atoms with Gasteiger partial charge in [0, 0.05) is 11.3 Å². The third-order valence-electron chi connectivity index (χ3n) is 4.31. The molecule has 0 unspecified atom stereocenters. The van der Waals surface area contributed by atoms with Crippen molar-refractivity contribution in [3.05, 3.63) is 65.2 Å². The number of quaternary nitrogens is 1. The molecule has 1 heterocycles. The smallest absolute Gasteiger partial charge is 0.159 e. The van der Waals surface area contributed by atoms with E-state index in [4.69, 9.17) is 0 Å². The Balaban J connectivity index is 1.57. The van der Waals surface area contributed by atoms with Gasteiger partial charge in [-0.05, 0) is 31.2 Å². The normalized spacial score (nSPS) is 16.0. The van der Waals surface area contributed by atoms with E-state index in [9.17, 15) is 8.78 Å². The van der Waals surface area contributed by atoms with E-state index in [0.717, 1.165) is 38.3 Å². The van der Waals surface area contributed by atoms with E-state index >= 15 is 0 Å². The van der Waals surface area contributed by atoms with Gasteiger partial charge in [0.1, 0.15) is 6.54 Å². The molecule has 0 radical (unpaired) electrons. The van der Waals surface area contributed by atoms with Gasteiger partial charge in [-0.3, -0.25) is 0 Å². The van der Waals surface area contributed by atoms with Gasteiger partial charge in [0.25, 0.3) is 0 Å². The fourth-order valence-corrected chi connectivity index (χ4v) is 2.95. The highest BCUT2D eigenvalue weighted by Crippen LogP contribution is 2.15. The van der Waals surface area contributed by atoms with Crippen molar-refractivity contribution in [3.63, 3.8) is 0 Å². The van der Waals surface area contributed by atoms with E-state index in [1.807, 2.05) is 0 Å². The highest BCUT2D eigenvalue weighted by atomic mass is 19.2. The van der Waals surface area contributed by atoms with Crippen LogP contribution in [0.5, 0.6) is 0 Å². The molecule has 2 nitrogen and oxygen atoms in total. The molecular formula is C18H21F2N2+. The zero-order chi connectivity index (χ0) is 15.5. The molecule has 0 amide bonds. The van der Waals surface area contributed by atoms with E-state index < -0.39 is 11.6 Å². The van der Waals surface area contributed by atoms with E-state index in [0.29, 0.717) is 0 Å². The lowest BCUT2D eigenvalue weighted by atomic mass is 10.1. The largest absolute Gasteiger partial charge is 0.360 e. The molecule has 0 aromatic heterocycles. The lowest BCUT2D eigenvalue weighted by molar-refractivity contribution is -0.914.